The van der Waals surface area contributed by atoms with Gasteiger partial charge in [0.15, 0.2) is 0 Å². The molecule has 0 spiro atoms. The predicted molar refractivity (Wildman–Crippen MR) is 248 cm³/mol. The lowest BCUT2D eigenvalue weighted by Gasteiger charge is -2.24. The van der Waals surface area contributed by atoms with E-state index in [1.54, 1.807) is 0 Å². The highest BCUT2D eigenvalue weighted by Gasteiger charge is 2.17. The van der Waals surface area contributed by atoms with Crippen molar-refractivity contribution in [2.75, 3.05) is 75.5 Å². The van der Waals surface area contributed by atoms with Gasteiger partial charge in [0, 0.05) is 37.7 Å². The van der Waals surface area contributed by atoms with Crippen LogP contribution in [0.25, 0.3) is 0 Å². The van der Waals surface area contributed by atoms with E-state index in [4.69, 9.17) is 9.47 Å². The standard InChI is InChI=1S/C48H94N2O4S2/c1-5-9-13-17-19-23-29-45(27-21-15-11-7-3)43-55-41-39-53-47(51)31-35-50(38-37-49-33-25-26-34-49)36-32-48(52)54-40-42-56-44-46(28-22-16-12-8-4)30-24-20-18-14-10-6-2/h45-46H,5-44H2,1-4H3. The van der Waals surface area contributed by atoms with Crippen molar-refractivity contribution in [1.82, 2.24) is 9.80 Å². The molecule has 2 atom stereocenters. The van der Waals surface area contributed by atoms with Crippen molar-refractivity contribution in [2.24, 2.45) is 11.8 Å². The molecule has 332 valence electrons. The number of hydrogen-bond donors (Lipinski definition) is 0. The monoisotopic (exact) mass is 827 g/mol. The molecule has 0 radical (unpaired) electrons. The molecule has 1 aliphatic heterocycles. The molecule has 0 N–H and O–H groups in total. The van der Waals surface area contributed by atoms with Gasteiger partial charge in [-0.1, -0.05) is 156 Å². The Labute approximate surface area is 357 Å². The maximum Gasteiger partial charge on any atom is 0.307 e. The molecular weight excluding hydrogens is 733 g/mol. The third-order valence-corrected chi connectivity index (χ3v) is 14.1. The van der Waals surface area contributed by atoms with E-state index in [0.29, 0.717) is 39.1 Å². The Morgan fingerprint density at radius 2 is 0.875 bits per heavy atom. The smallest absolute Gasteiger partial charge is 0.307 e. The van der Waals surface area contributed by atoms with Crippen molar-refractivity contribution in [3.63, 3.8) is 0 Å². The fraction of sp³-hybridized carbons (Fsp3) is 0.958. The normalized spacial score (nSPS) is 14.4. The third-order valence-electron chi connectivity index (χ3n) is 11.7. The van der Waals surface area contributed by atoms with Gasteiger partial charge in [0.05, 0.1) is 12.8 Å². The highest BCUT2D eigenvalue weighted by Crippen LogP contribution is 2.24. The number of esters is 2. The Hall–Kier alpha value is -0.440. The van der Waals surface area contributed by atoms with E-state index in [2.05, 4.69) is 37.5 Å². The number of ether oxygens (including phenoxy) is 2. The van der Waals surface area contributed by atoms with E-state index in [0.717, 1.165) is 49.5 Å². The minimum absolute atomic E-state index is 0.111. The lowest BCUT2D eigenvalue weighted by molar-refractivity contribution is -0.143. The summed E-state index contributed by atoms with van der Waals surface area (Å²) in [6.07, 6.45) is 35.8. The fourth-order valence-electron chi connectivity index (χ4n) is 7.96. The van der Waals surface area contributed by atoms with Crippen molar-refractivity contribution in [1.29, 1.82) is 0 Å². The lowest BCUT2D eigenvalue weighted by atomic mass is 9.96. The first kappa shape index (κ1) is 53.6. The van der Waals surface area contributed by atoms with Crippen LogP contribution in [0.15, 0.2) is 0 Å². The van der Waals surface area contributed by atoms with Gasteiger partial charge in [-0.25, -0.2) is 0 Å². The zero-order chi connectivity index (χ0) is 40.6. The van der Waals surface area contributed by atoms with Gasteiger partial charge >= 0.3 is 11.9 Å². The van der Waals surface area contributed by atoms with E-state index >= 15 is 0 Å². The molecule has 0 aromatic heterocycles. The SMILES string of the molecule is CCCCCCCCC(CCCCCC)CSCCOC(=O)CCN(CCC(=O)OCCSCC(CCCCCC)CCCCCCCC)CCN1CCCC1. The summed E-state index contributed by atoms with van der Waals surface area (Å²) >= 11 is 3.94. The second-order valence-corrected chi connectivity index (χ2v) is 19.3. The van der Waals surface area contributed by atoms with Crippen LogP contribution < -0.4 is 0 Å². The molecular formula is C48H94N2O4S2. The van der Waals surface area contributed by atoms with E-state index in [-0.39, 0.29) is 11.9 Å². The molecule has 1 fully saturated rings. The van der Waals surface area contributed by atoms with Crippen molar-refractivity contribution in [3.05, 3.63) is 0 Å². The fourth-order valence-corrected chi connectivity index (χ4v) is 10.0. The van der Waals surface area contributed by atoms with Crippen LogP contribution in [0.1, 0.15) is 207 Å². The van der Waals surface area contributed by atoms with E-state index in [1.807, 2.05) is 23.5 Å². The molecule has 1 heterocycles. The minimum Gasteiger partial charge on any atom is -0.465 e. The maximum atomic E-state index is 12.8. The van der Waals surface area contributed by atoms with E-state index in [9.17, 15) is 9.59 Å². The van der Waals surface area contributed by atoms with Crippen LogP contribution in [-0.4, -0.2) is 97.2 Å². The number of thioether (sulfide) groups is 2. The Morgan fingerprint density at radius 1 is 0.518 bits per heavy atom. The van der Waals surface area contributed by atoms with Crippen LogP contribution >= 0.6 is 23.5 Å². The summed E-state index contributed by atoms with van der Waals surface area (Å²) in [5, 5.41) is 0. The van der Waals surface area contributed by atoms with Crippen LogP contribution in [0.3, 0.4) is 0 Å². The van der Waals surface area contributed by atoms with E-state index in [1.165, 1.54) is 178 Å². The zero-order valence-electron chi connectivity index (χ0n) is 37.8. The van der Waals surface area contributed by atoms with Gasteiger partial charge in [-0.2, -0.15) is 23.5 Å². The molecule has 0 amide bonds. The van der Waals surface area contributed by atoms with Gasteiger partial charge in [-0.3, -0.25) is 9.59 Å². The largest absolute Gasteiger partial charge is 0.465 e. The van der Waals surface area contributed by atoms with Crippen LogP contribution in [-0.2, 0) is 19.1 Å². The zero-order valence-corrected chi connectivity index (χ0v) is 39.4. The first-order valence-corrected chi connectivity index (χ1v) is 26.7. The summed E-state index contributed by atoms with van der Waals surface area (Å²) in [5.74, 6) is 5.52. The van der Waals surface area contributed by atoms with Crippen molar-refractivity contribution < 1.29 is 19.1 Å². The Kier molecular flexibility index (Phi) is 39.5. The number of hydrogen-bond acceptors (Lipinski definition) is 8. The average molecular weight is 827 g/mol. The van der Waals surface area contributed by atoms with Crippen molar-refractivity contribution in [2.45, 2.75) is 207 Å². The third kappa shape index (κ3) is 34.4. The highest BCUT2D eigenvalue weighted by atomic mass is 32.2. The lowest BCUT2D eigenvalue weighted by Crippen LogP contribution is -2.36. The second kappa shape index (κ2) is 41.3. The van der Waals surface area contributed by atoms with Crippen molar-refractivity contribution >= 4 is 35.5 Å². The molecule has 0 aliphatic carbocycles. The van der Waals surface area contributed by atoms with Crippen LogP contribution in [0.5, 0.6) is 0 Å². The Bertz CT molecular complexity index is 801. The molecule has 1 rings (SSSR count). The molecule has 8 heteroatoms. The number of carbonyl (C=O) groups is 2. The summed E-state index contributed by atoms with van der Waals surface area (Å²) in [5.41, 5.74) is 0. The molecule has 56 heavy (non-hydrogen) atoms. The van der Waals surface area contributed by atoms with Gasteiger partial charge in [0.2, 0.25) is 0 Å². The molecule has 0 aromatic rings. The van der Waals surface area contributed by atoms with Gasteiger partial charge in [-0.15, -0.1) is 0 Å². The minimum atomic E-state index is -0.111. The topological polar surface area (TPSA) is 59.1 Å². The Balaban J connectivity index is 2.38. The molecule has 0 saturated carbocycles. The molecule has 1 saturated heterocycles. The maximum absolute atomic E-state index is 12.8. The number of likely N-dealkylation sites (tertiary alicyclic amines) is 1. The summed E-state index contributed by atoms with van der Waals surface area (Å²) in [6, 6.07) is 0. The molecule has 6 nitrogen and oxygen atoms in total. The van der Waals surface area contributed by atoms with Crippen LogP contribution in [0.2, 0.25) is 0 Å². The van der Waals surface area contributed by atoms with Gasteiger partial charge in [0.25, 0.3) is 0 Å². The van der Waals surface area contributed by atoms with Gasteiger partial charge in [0.1, 0.15) is 13.2 Å². The van der Waals surface area contributed by atoms with Gasteiger partial charge in [-0.05, 0) is 75.0 Å². The molecule has 0 aromatic carbocycles. The number of rotatable bonds is 43. The number of unbranched alkanes of at least 4 members (excludes halogenated alkanes) is 16. The summed E-state index contributed by atoms with van der Waals surface area (Å²) < 4.78 is 11.4. The van der Waals surface area contributed by atoms with E-state index < -0.39 is 0 Å². The average Bonchev–Trinajstić information content (AvgIpc) is 3.73. The molecule has 0 bridgehead atoms. The first-order valence-electron chi connectivity index (χ1n) is 24.4. The van der Waals surface area contributed by atoms with Gasteiger partial charge < -0.3 is 19.3 Å². The highest BCUT2D eigenvalue weighted by molar-refractivity contribution is 7.99. The summed E-state index contributed by atoms with van der Waals surface area (Å²) in [7, 11) is 0. The first-order chi connectivity index (χ1) is 27.5. The van der Waals surface area contributed by atoms with Crippen molar-refractivity contribution in [3.8, 4) is 0 Å². The number of carbonyl (C=O) groups excluding carboxylic acids is 2. The second-order valence-electron chi connectivity index (χ2n) is 17.0. The van der Waals surface area contributed by atoms with Crippen LogP contribution in [0, 0.1) is 11.8 Å². The Morgan fingerprint density at radius 3 is 1.27 bits per heavy atom. The quantitative estimate of drug-likeness (QED) is 0.0445. The molecule has 1 aliphatic rings. The number of nitrogens with zero attached hydrogens (tertiary/aromatic N) is 2. The summed E-state index contributed by atoms with van der Waals surface area (Å²) in [6.45, 7) is 15.6. The summed E-state index contributed by atoms with van der Waals surface area (Å²) in [4.78, 5) is 30.3. The predicted octanol–water partition coefficient (Wildman–Crippen LogP) is 13.4. The van der Waals surface area contributed by atoms with Crippen LogP contribution in [0.4, 0.5) is 0 Å². The molecule has 2 unspecified atom stereocenters.